The molecule has 1 aromatic heterocycles. The van der Waals surface area contributed by atoms with Crippen LogP contribution in [-0.4, -0.2) is 41.2 Å². The normalized spacial score (nSPS) is 18.1. The lowest BCUT2D eigenvalue weighted by atomic mass is 10.1. The maximum atomic E-state index is 11.8. The lowest BCUT2D eigenvalue weighted by Crippen LogP contribution is -2.22. The van der Waals surface area contributed by atoms with Crippen LogP contribution in [0.5, 0.6) is 5.75 Å². The van der Waals surface area contributed by atoms with Crippen molar-refractivity contribution in [2.75, 3.05) is 0 Å². The van der Waals surface area contributed by atoms with Crippen LogP contribution in [0.2, 0.25) is 0 Å². The standard InChI is InChI=1S/C13H20N2O8P2/c1-9-12(16)11(10(6-14-9)8-23-25(20,21)22)7-15-13(24(17,18)19)4-2-3-5-13/h6-7,16H,2-5,8H2,1H3,(H2,17,18,19)(H2,20,21,22)/b15-7+. The summed E-state index contributed by atoms with van der Waals surface area (Å²) >= 11 is 0. The topological polar surface area (TPSA) is 170 Å². The Hall–Kier alpha value is -1.12. The summed E-state index contributed by atoms with van der Waals surface area (Å²) in [4.78, 5) is 44.9. The van der Waals surface area contributed by atoms with Crippen molar-refractivity contribution in [3.8, 4) is 5.75 Å². The van der Waals surface area contributed by atoms with Gasteiger partial charge in [0.1, 0.15) is 5.75 Å². The van der Waals surface area contributed by atoms with Gasteiger partial charge in [-0.05, 0) is 19.8 Å². The van der Waals surface area contributed by atoms with Gasteiger partial charge in [0.05, 0.1) is 12.3 Å². The molecule has 0 aromatic carbocycles. The Kier molecular flexibility index (Phi) is 5.85. The lowest BCUT2D eigenvalue weighted by molar-refractivity contribution is 0.188. The fraction of sp³-hybridized carbons (Fsp3) is 0.538. The van der Waals surface area contributed by atoms with Gasteiger partial charge in [-0.25, -0.2) is 4.57 Å². The average Bonchev–Trinajstić information content (AvgIpc) is 2.96. The van der Waals surface area contributed by atoms with E-state index < -0.39 is 27.3 Å². The largest absolute Gasteiger partial charge is 0.505 e. The van der Waals surface area contributed by atoms with Gasteiger partial charge < -0.3 is 24.7 Å². The number of phosphoric acid groups is 1. The van der Waals surface area contributed by atoms with Crippen LogP contribution in [-0.2, 0) is 20.3 Å². The summed E-state index contributed by atoms with van der Waals surface area (Å²) in [7, 11) is -9.25. The van der Waals surface area contributed by atoms with Gasteiger partial charge in [0.15, 0.2) is 5.28 Å². The van der Waals surface area contributed by atoms with E-state index in [4.69, 9.17) is 9.79 Å². The first-order chi connectivity index (χ1) is 11.5. The molecule has 0 radical (unpaired) electrons. The minimum Gasteiger partial charge on any atom is -0.505 e. The van der Waals surface area contributed by atoms with Crippen molar-refractivity contribution in [3.05, 3.63) is 23.0 Å². The van der Waals surface area contributed by atoms with Crippen LogP contribution in [0.4, 0.5) is 0 Å². The number of rotatable bonds is 6. The SMILES string of the molecule is Cc1ncc(COP(=O)(O)O)c(/C=N/C2(P(=O)(O)O)CCCC2)c1O. The molecule has 1 aliphatic rings. The molecule has 0 unspecified atom stereocenters. The molecule has 0 aliphatic heterocycles. The van der Waals surface area contributed by atoms with E-state index in [0.717, 1.165) is 6.21 Å². The van der Waals surface area contributed by atoms with Crippen molar-refractivity contribution >= 4 is 21.6 Å². The van der Waals surface area contributed by atoms with Gasteiger partial charge in [-0.2, -0.15) is 0 Å². The van der Waals surface area contributed by atoms with E-state index in [1.807, 2.05) is 0 Å². The first-order valence-corrected chi connectivity index (χ1v) is 10.6. The van der Waals surface area contributed by atoms with Crippen molar-refractivity contribution in [1.82, 2.24) is 4.98 Å². The molecule has 1 heterocycles. The van der Waals surface area contributed by atoms with Gasteiger partial charge in [0.25, 0.3) is 0 Å². The summed E-state index contributed by atoms with van der Waals surface area (Å²) in [5, 5.41) is 8.63. The highest BCUT2D eigenvalue weighted by molar-refractivity contribution is 7.53. The second kappa shape index (κ2) is 7.25. The zero-order valence-electron chi connectivity index (χ0n) is 13.4. The number of aromatic hydroxyl groups is 1. The molecule has 1 aliphatic carbocycles. The number of nitrogens with zero attached hydrogens (tertiary/aromatic N) is 2. The maximum absolute atomic E-state index is 11.8. The van der Waals surface area contributed by atoms with Gasteiger partial charge in [-0.15, -0.1) is 0 Å². The molecule has 0 atom stereocenters. The Bertz CT molecular complexity index is 764. The highest BCUT2D eigenvalue weighted by Gasteiger charge is 2.48. The smallest absolute Gasteiger partial charge is 0.469 e. The third-order valence-corrected chi connectivity index (χ3v) is 6.24. The Labute approximate surface area is 144 Å². The summed E-state index contributed by atoms with van der Waals surface area (Å²) in [6.07, 6.45) is 4.05. The second-order valence-electron chi connectivity index (χ2n) is 5.89. The average molecular weight is 394 g/mol. The first-order valence-electron chi connectivity index (χ1n) is 7.44. The fourth-order valence-corrected chi connectivity index (χ4v) is 4.10. The van der Waals surface area contributed by atoms with Gasteiger partial charge in [-0.3, -0.25) is 19.1 Å². The van der Waals surface area contributed by atoms with Gasteiger partial charge >= 0.3 is 15.4 Å². The Balaban J connectivity index is 2.42. The molecule has 10 nitrogen and oxygen atoms in total. The Morgan fingerprint density at radius 1 is 1.28 bits per heavy atom. The number of phosphoric ester groups is 1. The summed E-state index contributed by atoms with van der Waals surface area (Å²) in [6, 6.07) is 0. The van der Waals surface area contributed by atoms with E-state index >= 15 is 0 Å². The third kappa shape index (κ3) is 4.74. The quantitative estimate of drug-likeness (QED) is 0.355. The predicted octanol–water partition coefficient (Wildman–Crippen LogP) is 1.57. The summed E-state index contributed by atoms with van der Waals surface area (Å²) < 4.78 is 27.1. The highest BCUT2D eigenvalue weighted by Crippen LogP contribution is 2.59. The van der Waals surface area contributed by atoms with Gasteiger partial charge in [0.2, 0.25) is 0 Å². The molecule has 0 spiro atoms. The molecule has 0 saturated heterocycles. The predicted molar refractivity (Wildman–Crippen MR) is 88.3 cm³/mol. The van der Waals surface area contributed by atoms with Gasteiger partial charge in [0, 0.05) is 23.5 Å². The molecule has 25 heavy (non-hydrogen) atoms. The maximum Gasteiger partial charge on any atom is 0.469 e. The molecule has 1 fully saturated rings. The van der Waals surface area contributed by atoms with Crippen LogP contribution in [0, 0.1) is 6.92 Å². The number of aromatic nitrogens is 1. The molecular weight excluding hydrogens is 374 g/mol. The van der Waals surface area contributed by atoms with Crippen molar-refractivity contribution < 1.29 is 38.3 Å². The molecule has 12 heteroatoms. The minimum absolute atomic E-state index is 0.0562. The molecule has 2 rings (SSSR count). The van der Waals surface area contributed by atoms with E-state index in [9.17, 15) is 24.0 Å². The van der Waals surface area contributed by atoms with Gasteiger partial charge in [-0.1, -0.05) is 12.8 Å². The van der Waals surface area contributed by atoms with Crippen molar-refractivity contribution in [2.24, 2.45) is 4.99 Å². The highest BCUT2D eigenvalue weighted by atomic mass is 31.2. The van der Waals surface area contributed by atoms with Crippen molar-refractivity contribution in [2.45, 2.75) is 44.5 Å². The van der Waals surface area contributed by atoms with Crippen LogP contribution in [0.1, 0.15) is 42.5 Å². The fourth-order valence-electron chi connectivity index (χ4n) is 2.69. The summed E-state index contributed by atoms with van der Waals surface area (Å²) in [5.74, 6) is -0.297. The van der Waals surface area contributed by atoms with Crippen LogP contribution in [0.15, 0.2) is 11.2 Å². The molecule has 5 N–H and O–H groups in total. The first kappa shape index (κ1) is 20.2. The zero-order chi connectivity index (χ0) is 18.9. The molecule has 0 bridgehead atoms. The lowest BCUT2D eigenvalue weighted by Gasteiger charge is -2.25. The summed E-state index contributed by atoms with van der Waals surface area (Å²) in [6.45, 7) is 0.962. The van der Waals surface area contributed by atoms with E-state index in [1.54, 1.807) is 0 Å². The van der Waals surface area contributed by atoms with Crippen LogP contribution in [0.3, 0.4) is 0 Å². The van der Waals surface area contributed by atoms with Crippen LogP contribution >= 0.6 is 15.4 Å². The number of hydrogen-bond donors (Lipinski definition) is 5. The monoisotopic (exact) mass is 394 g/mol. The Morgan fingerprint density at radius 3 is 2.40 bits per heavy atom. The Morgan fingerprint density at radius 2 is 1.88 bits per heavy atom. The number of hydrogen-bond acceptors (Lipinski definition) is 6. The van der Waals surface area contributed by atoms with E-state index in [0.29, 0.717) is 12.8 Å². The number of aryl methyl sites for hydroxylation is 1. The van der Waals surface area contributed by atoms with E-state index in [2.05, 4.69) is 14.5 Å². The molecular formula is C13H20N2O8P2. The van der Waals surface area contributed by atoms with Crippen LogP contribution < -0.4 is 0 Å². The van der Waals surface area contributed by atoms with Crippen LogP contribution in [0.25, 0.3) is 0 Å². The van der Waals surface area contributed by atoms with E-state index in [-0.39, 0.29) is 35.4 Å². The van der Waals surface area contributed by atoms with Crippen molar-refractivity contribution in [3.63, 3.8) is 0 Å². The molecule has 1 saturated carbocycles. The van der Waals surface area contributed by atoms with E-state index in [1.165, 1.54) is 13.1 Å². The summed E-state index contributed by atoms with van der Waals surface area (Å²) in [5.41, 5.74) is 0.424. The minimum atomic E-state index is -4.74. The van der Waals surface area contributed by atoms with Crippen molar-refractivity contribution in [1.29, 1.82) is 0 Å². The third-order valence-electron chi connectivity index (χ3n) is 4.13. The molecule has 0 amide bonds. The number of aliphatic imine (C=N–C) groups is 1. The number of pyridine rings is 1. The second-order valence-corrected chi connectivity index (χ2v) is 9.05. The molecule has 140 valence electrons. The zero-order valence-corrected chi connectivity index (χ0v) is 15.2. The molecule has 1 aromatic rings.